The number of halogens is 1. The molecule has 5 heteroatoms. The summed E-state index contributed by atoms with van der Waals surface area (Å²) in [6, 6.07) is 5.86. The summed E-state index contributed by atoms with van der Waals surface area (Å²) in [5, 5.41) is 2.87. The highest BCUT2D eigenvalue weighted by Gasteiger charge is 2.21. The van der Waals surface area contributed by atoms with E-state index in [0.29, 0.717) is 19.6 Å². The molecule has 1 saturated heterocycles. The Kier molecular flexibility index (Phi) is 4.02. The Labute approximate surface area is 109 Å². The van der Waals surface area contributed by atoms with E-state index in [9.17, 15) is 4.79 Å². The van der Waals surface area contributed by atoms with Crippen molar-refractivity contribution in [2.45, 2.75) is 25.4 Å². The predicted molar refractivity (Wildman–Crippen MR) is 68.7 cm³/mol. The standard InChI is InChI=1S/C12H15BrN2O2/c13-11-3-2-10(5-8(11)6-14)17-7-9-1-4-12(16)15-9/h2-3,5,9H,1,4,6-7,14H2,(H,15,16). The van der Waals surface area contributed by atoms with Crippen molar-refractivity contribution in [3.63, 3.8) is 0 Å². The SMILES string of the molecule is NCc1cc(OCC2CCC(=O)N2)ccc1Br. The van der Waals surface area contributed by atoms with Gasteiger partial charge in [-0.1, -0.05) is 15.9 Å². The van der Waals surface area contributed by atoms with Gasteiger partial charge < -0.3 is 15.8 Å². The van der Waals surface area contributed by atoms with Gasteiger partial charge in [-0.05, 0) is 30.2 Å². The van der Waals surface area contributed by atoms with Gasteiger partial charge in [0.15, 0.2) is 0 Å². The molecule has 0 saturated carbocycles. The molecule has 0 radical (unpaired) electrons. The molecule has 1 aliphatic rings. The van der Waals surface area contributed by atoms with Crippen LogP contribution >= 0.6 is 15.9 Å². The van der Waals surface area contributed by atoms with Gasteiger partial charge in [0.25, 0.3) is 0 Å². The number of hydrogen-bond donors (Lipinski definition) is 2. The summed E-state index contributed by atoms with van der Waals surface area (Å²) in [6.07, 6.45) is 1.45. The summed E-state index contributed by atoms with van der Waals surface area (Å²) in [5.74, 6) is 0.895. The number of carbonyl (C=O) groups excluding carboxylic acids is 1. The third kappa shape index (κ3) is 3.20. The van der Waals surface area contributed by atoms with Gasteiger partial charge in [-0.3, -0.25) is 4.79 Å². The minimum absolute atomic E-state index is 0.108. The Morgan fingerprint density at radius 3 is 3.00 bits per heavy atom. The predicted octanol–water partition coefficient (Wildman–Crippen LogP) is 1.57. The van der Waals surface area contributed by atoms with Crippen LogP contribution in [0.4, 0.5) is 0 Å². The Morgan fingerprint density at radius 2 is 2.35 bits per heavy atom. The van der Waals surface area contributed by atoms with Crippen LogP contribution in [0.5, 0.6) is 5.75 Å². The first kappa shape index (κ1) is 12.4. The van der Waals surface area contributed by atoms with Crippen LogP contribution in [0.15, 0.2) is 22.7 Å². The molecule has 17 heavy (non-hydrogen) atoms. The van der Waals surface area contributed by atoms with E-state index >= 15 is 0 Å². The molecule has 1 amide bonds. The third-order valence-corrected chi connectivity index (χ3v) is 3.55. The summed E-state index contributed by atoms with van der Waals surface area (Å²) in [6.45, 7) is 0.981. The molecule has 0 bridgehead atoms. The summed E-state index contributed by atoms with van der Waals surface area (Å²) >= 11 is 3.42. The average Bonchev–Trinajstić information content (AvgIpc) is 2.74. The van der Waals surface area contributed by atoms with Gasteiger partial charge >= 0.3 is 0 Å². The van der Waals surface area contributed by atoms with Crippen LogP contribution in [0, 0.1) is 0 Å². The van der Waals surface area contributed by atoms with Crippen LogP contribution in [-0.4, -0.2) is 18.6 Å². The molecular formula is C12H15BrN2O2. The smallest absolute Gasteiger partial charge is 0.220 e. The van der Waals surface area contributed by atoms with Crippen molar-refractivity contribution in [3.8, 4) is 5.75 Å². The van der Waals surface area contributed by atoms with Crippen LogP contribution in [-0.2, 0) is 11.3 Å². The second kappa shape index (κ2) is 5.51. The Hall–Kier alpha value is -1.07. The van der Waals surface area contributed by atoms with Crippen molar-refractivity contribution in [2.24, 2.45) is 5.73 Å². The van der Waals surface area contributed by atoms with Crippen LogP contribution in [0.25, 0.3) is 0 Å². The lowest BCUT2D eigenvalue weighted by Crippen LogP contribution is -2.30. The largest absolute Gasteiger partial charge is 0.491 e. The maximum absolute atomic E-state index is 11.0. The first-order valence-corrected chi connectivity index (χ1v) is 6.39. The molecule has 1 unspecified atom stereocenters. The number of nitrogens with two attached hydrogens (primary N) is 1. The van der Waals surface area contributed by atoms with Gasteiger partial charge in [-0.2, -0.15) is 0 Å². The van der Waals surface area contributed by atoms with E-state index in [2.05, 4.69) is 21.2 Å². The fourth-order valence-electron chi connectivity index (χ4n) is 1.80. The van der Waals surface area contributed by atoms with E-state index < -0.39 is 0 Å². The van der Waals surface area contributed by atoms with E-state index in [-0.39, 0.29) is 11.9 Å². The molecule has 1 aliphatic heterocycles. The van der Waals surface area contributed by atoms with Gasteiger partial charge in [-0.25, -0.2) is 0 Å². The van der Waals surface area contributed by atoms with E-state index in [1.807, 2.05) is 18.2 Å². The van der Waals surface area contributed by atoms with Crippen molar-refractivity contribution in [1.29, 1.82) is 0 Å². The second-order valence-electron chi connectivity index (χ2n) is 4.07. The Morgan fingerprint density at radius 1 is 1.53 bits per heavy atom. The molecule has 1 heterocycles. The molecule has 0 aromatic heterocycles. The average molecular weight is 299 g/mol. The topological polar surface area (TPSA) is 64.3 Å². The van der Waals surface area contributed by atoms with Gasteiger partial charge in [0.05, 0.1) is 6.04 Å². The summed E-state index contributed by atoms with van der Waals surface area (Å²) in [4.78, 5) is 11.0. The molecule has 1 aromatic rings. The molecule has 1 atom stereocenters. The van der Waals surface area contributed by atoms with Gasteiger partial charge in [0, 0.05) is 17.4 Å². The molecular weight excluding hydrogens is 284 g/mol. The lowest BCUT2D eigenvalue weighted by Gasteiger charge is -2.13. The van der Waals surface area contributed by atoms with E-state index in [0.717, 1.165) is 22.2 Å². The van der Waals surface area contributed by atoms with Crippen molar-refractivity contribution in [2.75, 3.05) is 6.61 Å². The van der Waals surface area contributed by atoms with Gasteiger partial charge in [-0.15, -0.1) is 0 Å². The highest BCUT2D eigenvalue weighted by atomic mass is 79.9. The van der Waals surface area contributed by atoms with E-state index in [1.165, 1.54) is 0 Å². The molecule has 3 N–H and O–H groups in total. The Balaban J connectivity index is 1.92. The highest BCUT2D eigenvalue weighted by molar-refractivity contribution is 9.10. The second-order valence-corrected chi connectivity index (χ2v) is 4.93. The summed E-state index contributed by atoms with van der Waals surface area (Å²) < 4.78 is 6.63. The quantitative estimate of drug-likeness (QED) is 0.887. The maximum atomic E-state index is 11.0. The molecule has 0 spiro atoms. The van der Waals surface area contributed by atoms with Crippen molar-refractivity contribution < 1.29 is 9.53 Å². The van der Waals surface area contributed by atoms with E-state index in [4.69, 9.17) is 10.5 Å². The summed E-state index contributed by atoms with van der Waals surface area (Å²) in [5.41, 5.74) is 6.63. The number of benzene rings is 1. The van der Waals surface area contributed by atoms with Crippen LogP contribution in [0.1, 0.15) is 18.4 Å². The number of amides is 1. The minimum Gasteiger partial charge on any atom is -0.491 e. The highest BCUT2D eigenvalue weighted by Crippen LogP contribution is 2.22. The molecule has 4 nitrogen and oxygen atoms in total. The normalized spacial score (nSPS) is 19.2. The zero-order chi connectivity index (χ0) is 12.3. The third-order valence-electron chi connectivity index (χ3n) is 2.77. The van der Waals surface area contributed by atoms with Gasteiger partial charge in [0.1, 0.15) is 12.4 Å². The zero-order valence-electron chi connectivity index (χ0n) is 9.41. The van der Waals surface area contributed by atoms with E-state index in [1.54, 1.807) is 0 Å². The van der Waals surface area contributed by atoms with Crippen molar-refractivity contribution in [1.82, 2.24) is 5.32 Å². The zero-order valence-corrected chi connectivity index (χ0v) is 11.0. The molecule has 1 aromatic carbocycles. The molecule has 1 fully saturated rings. The first-order chi connectivity index (χ1) is 8.19. The maximum Gasteiger partial charge on any atom is 0.220 e. The lowest BCUT2D eigenvalue weighted by molar-refractivity contribution is -0.119. The minimum atomic E-state index is 0.108. The van der Waals surface area contributed by atoms with Crippen LogP contribution < -0.4 is 15.8 Å². The molecule has 0 aliphatic carbocycles. The number of nitrogens with one attached hydrogen (secondary N) is 1. The van der Waals surface area contributed by atoms with Gasteiger partial charge in [0.2, 0.25) is 5.91 Å². The van der Waals surface area contributed by atoms with Crippen LogP contribution in [0.3, 0.4) is 0 Å². The fraction of sp³-hybridized carbons (Fsp3) is 0.417. The molecule has 2 rings (SSSR count). The number of carbonyl (C=O) groups is 1. The monoisotopic (exact) mass is 298 g/mol. The number of rotatable bonds is 4. The summed E-state index contributed by atoms with van der Waals surface area (Å²) in [7, 11) is 0. The number of ether oxygens (including phenoxy) is 1. The first-order valence-electron chi connectivity index (χ1n) is 5.59. The lowest BCUT2D eigenvalue weighted by atomic mass is 10.2. The fourth-order valence-corrected chi connectivity index (χ4v) is 2.20. The van der Waals surface area contributed by atoms with Crippen molar-refractivity contribution in [3.05, 3.63) is 28.2 Å². The Bertz CT molecular complexity index is 423. The molecule has 92 valence electrons. The van der Waals surface area contributed by atoms with Crippen molar-refractivity contribution >= 4 is 21.8 Å². The number of hydrogen-bond acceptors (Lipinski definition) is 3. The van der Waals surface area contributed by atoms with Crippen LogP contribution in [0.2, 0.25) is 0 Å².